The zero-order chi connectivity index (χ0) is 14.1. The van der Waals surface area contributed by atoms with Gasteiger partial charge in [0.1, 0.15) is 10.6 Å². The first-order valence-corrected chi connectivity index (χ1v) is 7.21. The number of thiophene rings is 1. The number of nitrogens with zero attached hydrogens (tertiary/aromatic N) is 2. The SMILES string of the molecule is CCc1cc2c(=O)n(Cc3cccc(F)c3)cnc2s1. The van der Waals surface area contributed by atoms with Crippen LogP contribution in [0.1, 0.15) is 17.4 Å². The molecule has 102 valence electrons. The molecule has 0 radical (unpaired) electrons. The monoisotopic (exact) mass is 288 g/mol. The Morgan fingerprint density at radius 3 is 2.95 bits per heavy atom. The molecule has 3 nitrogen and oxygen atoms in total. The first-order chi connectivity index (χ1) is 9.67. The Morgan fingerprint density at radius 1 is 1.35 bits per heavy atom. The van der Waals surface area contributed by atoms with Gasteiger partial charge in [-0.25, -0.2) is 9.37 Å². The van der Waals surface area contributed by atoms with Gasteiger partial charge in [-0.2, -0.15) is 0 Å². The molecule has 20 heavy (non-hydrogen) atoms. The van der Waals surface area contributed by atoms with Gasteiger partial charge in [0.15, 0.2) is 0 Å². The molecule has 0 aliphatic heterocycles. The van der Waals surface area contributed by atoms with Gasteiger partial charge in [-0.1, -0.05) is 19.1 Å². The lowest BCUT2D eigenvalue weighted by atomic mass is 10.2. The van der Waals surface area contributed by atoms with E-state index >= 15 is 0 Å². The number of halogens is 1. The van der Waals surface area contributed by atoms with Crippen LogP contribution < -0.4 is 5.56 Å². The Balaban J connectivity index is 2.04. The van der Waals surface area contributed by atoms with E-state index in [0.717, 1.165) is 21.7 Å². The van der Waals surface area contributed by atoms with E-state index < -0.39 is 0 Å². The quantitative estimate of drug-likeness (QED) is 0.742. The highest BCUT2D eigenvalue weighted by molar-refractivity contribution is 7.18. The summed E-state index contributed by atoms with van der Waals surface area (Å²) in [4.78, 5) is 18.6. The first-order valence-electron chi connectivity index (χ1n) is 6.39. The molecule has 0 unspecified atom stereocenters. The van der Waals surface area contributed by atoms with Crippen LogP contribution in [-0.2, 0) is 13.0 Å². The highest BCUT2D eigenvalue weighted by Gasteiger charge is 2.08. The summed E-state index contributed by atoms with van der Waals surface area (Å²) >= 11 is 1.54. The van der Waals surface area contributed by atoms with Crippen LogP contribution in [0, 0.1) is 5.82 Å². The maximum absolute atomic E-state index is 13.2. The molecule has 0 bridgehead atoms. The number of aryl methyl sites for hydroxylation is 1. The molecule has 0 aliphatic rings. The number of aromatic nitrogens is 2. The third-order valence-corrected chi connectivity index (χ3v) is 4.35. The summed E-state index contributed by atoms with van der Waals surface area (Å²) in [6, 6.07) is 8.16. The molecule has 0 fully saturated rings. The fourth-order valence-electron chi connectivity index (χ4n) is 2.13. The van der Waals surface area contributed by atoms with Crippen molar-refractivity contribution in [3.8, 4) is 0 Å². The van der Waals surface area contributed by atoms with Crippen molar-refractivity contribution in [1.29, 1.82) is 0 Å². The van der Waals surface area contributed by atoms with Gasteiger partial charge >= 0.3 is 0 Å². The zero-order valence-electron chi connectivity index (χ0n) is 11.0. The van der Waals surface area contributed by atoms with Crippen molar-refractivity contribution in [3.05, 3.63) is 63.3 Å². The van der Waals surface area contributed by atoms with Gasteiger partial charge in [0.2, 0.25) is 0 Å². The summed E-state index contributed by atoms with van der Waals surface area (Å²) in [5, 5.41) is 0.644. The topological polar surface area (TPSA) is 34.9 Å². The van der Waals surface area contributed by atoms with Gasteiger partial charge < -0.3 is 0 Å². The van der Waals surface area contributed by atoms with Crippen molar-refractivity contribution in [1.82, 2.24) is 9.55 Å². The first kappa shape index (κ1) is 13.0. The summed E-state index contributed by atoms with van der Waals surface area (Å²) in [6.07, 6.45) is 2.43. The van der Waals surface area contributed by atoms with E-state index in [1.54, 1.807) is 23.5 Å². The number of rotatable bonds is 3. The molecule has 2 heterocycles. The maximum Gasteiger partial charge on any atom is 0.262 e. The Kier molecular flexibility index (Phi) is 3.36. The van der Waals surface area contributed by atoms with Crippen LogP contribution in [-0.4, -0.2) is 9.55 Å². The highest BCUT2D eigenvalue weighted by Crippen LogP contribution is 2.21. The molecule has 0 aliphatic carbocycles. The largest absolute Gasteiger partial charge is 0.294 e. The summed E-state index contributed by atoms with van der Waals surface area (Å²) in [6.45, 7) is 2.38. The van der Waals surface area contributed by atoms with Crippen LogP contribution in [0.15, 0.2) is 41.5 Å². The Hall–Kier alpha value is -2.01. The standard InChI is InChI=1S/C15H13FN2OS/c1-2-12-7-13-14(20-12)17-9-18(15(13)19)8-10-4-3-5-11(16)6-10/h3-7,9H,2,8H2,1H3. The Labute approximate surface area is 119 Å². The van der Waals surface area contributed by atoms with Crippen LogP contribution in [0.2, 0.25) is 0 Å². The lowest BCUT2D eigenvalue weighted by Crippen LogP contribution is -2.20. The minimum Gasteiger partial charge on any atom is -0.294 e. The van der Waals surface area contributed by atoms with E-state index in [0.29, 0.717) is 11.9 Å². The van der Waals surface area contributed by atoms with Crippen LogP contribution in [0.4, 0.5) is 4.39 Å². The Morgan fingerprint density at radius 2 is 2.20 bits per heavy atom. The molecule has 2 aromatic heterocycles. The van der Waals surface area contributed by atoms with Crippen molar-refractivity contribution in [3.63, 3.8) is 0 Å². The van der Waals surface area contributed by atoms with E-state index in [9.17, 15) is 9.18 Å². The summed E-state index contributed by atoms with van der Waals surface area (Å²) in [5.74, 6) is -0.298. The van der Waals surface area contributed by atoms with Gasteiger partial charge in [-0.05, 0) is 30.2 Å². The molecule has 0 saturated heterocycles. The van der Waals surface area contributed by atoms with Crippen molar-refractivity contribution >= 4 is 21.6 Å². The van der Waals surface area contributed by atoms with E-state index in [1.807, 2.05) is 6.07 Å². The second-order valence-corrected chi connectivity index (χ2v) is 5.71. The molecule has 3 aromatic rings. The molecule has 0 N–H and O–H groups in total. The maximum atomic E-state index is 13.2. The third-order valence-electron chi connectivity index (χ3n) is 3.16. The van der Waals surface area contributed by atoms with Crippen molar-refractivity contribution in [2.75, 3.05) is 0 Å². The summed E-state index contributed by atoms with van der Waals surface area (Å²) in [7, 11) is 0. The van der Waals surface area contributed by atoms with Gasteiger partial charge in [-0.3, -0.25) is 9.36 Å². The molecule has 0 amide bonds. The van der Waals surface area contributed by atoms with Crippen LogP contribution in [0.3, 0.4) is 0 Å². The highest BCUT2D eigenvalue weighted by atomic mass is 32.1. The van der Waals surface area contributed by atoms with Crippen molar-refractivity contribution < 1.29 is 4.39 Å². The molecule has 5 heteroatoms. The van der Waals surface area contributed by atoms with Gasteiger partial charge in [-0.15, -0.1) is 11.3 Å². The number of hydrogen-bond donors (Lipinski definition) is 0. The summed E-state index contributed by atoms with van der Waals surface area (Å²) < 4.78 is 14.7. The van der Waals surface area contributed by atoms with E-state index in [-0.39, 0.29) is 11.4 Å². The Bertz CT molecular complexity index is 822. The van der Waals surface area contributed by atoms with Gasteiger partial charge in [0.25, 0.3) is 5.56 Å². The molecular formula is C15H13FN2OS. The fraction of sp³-hybridized carbons (Fsp3) is 0.200. The minimum absolute atomic E-state index is 0.0739. The van der Waals surface area contributed by atoms with Crippen molar-refractivity contribution in [2.24, 2.45) is 0 Å². The minimum atomic E-state index is -0.298. The molecule has 0 atom stereocenters. The number of benzene rings is 1. The average Bonchev–Trinajstić information content (AvgIpc) is 2.86. The van der Waals surface area contributed by atoms with Crippen LogP contribution >= 0.6 is 11.3 Å². The van der Waals surface area contributed by atoms with E-state index in [2.05, 4.69) is 11.9 Å². The predicted octanol–water partition coefficient (Wildman–Crippen LogP) is 3.21. The molecule has 1 aromatic carbocycles. The van der Waals surface area contributed by atoms with E-state index in [4.69, 9.17) is 0 Å². The third kappa shape index (κ3) is 2.36. The van der Waals surface area contributed by atoms with E-state index in [1.165, 1.54) is 23.0 Å². The predicted molar refractivity (Wildman–Crippen MR) is 78.8 cm³/mol. The molecule has 0 saturated carbocycles. The lowest BCUT2D eigenvalue weighted by Gasteiger charge is -2.05. The van der Waals surface area contributed by atoms with Gasteiger partial charge in [0.05, 0.1) is 18.3 Å². The molecular weight excluding hydrogens is 275 g/mol. The summed E-state index contributed by atoms with van der Waals surface area (Å²) in [5.41, 5.74) is 0.675. The fourth-order valence-corrected chi connectivity index (χ4v) is 3.05. The lowest BCUT2D eigenvalue weighted by molar-refractivity contribution is 0.622. The second kappa shape index (κ2) is 5.17. The zero-order valence-corrected chi connectivity index (χ0v) is 11.8. The number of hydrogen-bond acceptors (Lipinski definition) is 3. The average molecular weight is 288 g/mol. The molecule has 0 spiro atoms. The second-order valence-electron chi connectivity index (χ2n) is 4.59. The van der Waals surface area contributed by atoms with Crippen LogP contribution in [0.5, 0.6) is 0 Å². The van der Waals surface area contributed by atoms with Crippen molar-refractivity contribution in [2.45, 2.75) is 19.9 Å². The number of fused-ring (bicyclic) bond motifs is 1. The molecule has 3 rings (SSSR count). The normalized spacial score (nSPS) is 11.1. The van der Waals surface area contributed by atoms with Crippen LogP contribution in [0.25, 0.3) is 10.2 Å². The van der Waals surface area contributed by atoms with Gasteiger partial charge in [0, 0.05) is 4.88 Å². The smallest absolute Gasteiger partial charge is 0.262 e.